The van der Waals surface area contributed by atoms with Gasteiger partial charge in [-0.3, -0.25) is 4.90 Å². The molecular formula is C13H26N2O. The van der Waals surface area contributed by atoms with Gasteiger partial charge in [-0.05, 0) is 32.7 Å². The van der Waals surface area contributed by atoms with E-state index in [1.54, 1.807) is 0 Å². The number of nitrogens with zero attached hydrogens (tertiary/aromatic N) is 1. The van der Waals surface area contributed by atoms with Gasteiger partial charge in [0.1, 0.15) is 0 Å². The molecular weight excluding hydrogens is 200 g/mol. The average Bonchev–Trinajstić information content (AvgIpc) is 2.31. The molecule has 0 bridgehead atoms. The fourth-order valence-corrected chi connectivity index (χ4v) is 2.88. The number of morpholine rings is 1. The molecule has 0 aromatic carbocycles. The number of rotatable bonds is 3. The van der Waals surface area contributed by atoms with Crippen LogP contribution >= 0.6 is 0 Å². The minimum atomic E-state index is 0.409. The Morgan fingerprint density at radius 1 is 1.38 bits per heavy atom. The second kappa shape index (κ2) is 5.99. The molecule has 3 atom stereocenters. The van der Waals surface area contributed by atoms with Gasteiger partial charge in [-0.2, -0.15) is 0 Å². The van der Waals surface area contributed by atoms with Crippen LogP contribution < -0.4 is 5.32 Å². The van der Waals surface area contributed by atoms with Crippen LogP contribution in [0.15, 0.2) is 0 Å². The van der Waals surface area contributed by atoms with E-state index in [2.05, 4.69) is 24.1 Å². The van der Waals surface area contributed by atoms with E-state index < -0.39 is 0 Å². The molecule has 3 unspecified atom stereocenters. The maximum Gasteiger partial charge on any atom is 0.0674 e. The number of hydrogen-bond donors (Lipinski definition) is 1. The first-order valence-corrected chi connectivity index (χ1v) is 6.88. The summed E-state index contributed by atoms with van der Waals surface area (Å²) < 4.78 is 5.74. The Bertz CT molecular complexity index is 204. The summed E-state index contributed by atoms with van der Waals surface area (Å²) in [7, 11) is 0. The van der Waals surface area contributed by atoms with E-state index in [1.165, 1.54) is 38.8 Å². The smallest absolute Gasteiger partial charge is 0.0674 e. The van der Waals surface area contributed by atoms with Crippen molar-refractivity contribution in [1.29, 1.82) is 0 Å². The molecule has 2 fully saturated rings. The van der Waals surface area contributed by atoms with E-state index in [4.69, 9.17) is 4.74 Å². The monoisotopic (exact) mass is 226 g/mol. The van der Waals surface area contributed by atoms with Crippen LogP contribution in [0.2, 0.25) is 0 Å². The second-order valence-electron chi connectivity index (χ2n) is 5.31. The predicted octanol–water partition coefficient (Wildman–Crippen LogP) is 1.63. The normalized spacial score (nSPS) is 37.5. The lowest BCUT2D eigenvalue weighted by Crippen LogP contribution is -2.53. The Labute approximate surface area is 99.5 Å². The summed E-state index contributed by atoms with van der Waals surface area (Å²) in [5.41, 5.74) is 0. The summed E-state index contributed by atoms with van der Waals surface area (Å²) in [5.74, 6) is 0. The van der Waals surface area contributed by atoms with E-state index >= 15 is 0 Å². The zero-order valence-electron chi connectivity index (χ0n) is 10.7. The molecule has 0 aromatic heterocycles. The zero-order valence-corrected chi connectivity index (χ0v) is 10.7. The first-order valence-electron chi connectivity index (χ1n) is 6.88. The highest BCUT2D eigenvalue weighted by Crippen LogP contribution is 2.17. The summed E-state index contributed by atoms with van der Waals surface area (Å²) in [4.78, 5) is 2.64. The van der Waals surface area contributed by atoms with Crippen LogP contribution in [0.5, 0.6) is 0 Å². The maximum absolute atomic E-state index is 5.74. The molecule has 94 valence electrons. The third-order valence-electron chi connectivity index (χ3n) is 3.92. The van der Waals surface area contributed by atoms with Crippen LogP contribution in [0.4, 0.5) is 0 Å². The van der Waals surface area contributed by atoms with Gasteiger partial charge >= 0.3 is 0 Å². The third kappa shape index (κ3) is 3.19. The van der Waals surface area contributed by atoms with Gasteiger partial charge in [-0.15, -0.1) is 0 Å². The number of piperidine rings is 1. The van der Waals surface area contributed by atoms with Gasteiger partial charge in [0.25, 0.3) is 0 Å². The Morgan fingerprint density at radius 3 is 2.94 bits per heavy atom. The largest absolute Gasteiger partial charge is 0.376 e. The molecule has 2 heterocycles. The molecule has 0 aromatic rings. The van der Waals surface area contributed by atoms with Crippen LogP contribution in [0.1, 0.15) is 39.5 Å². The lowest BCUT2D eigenvalue weighted by Gasteiger charge is -2.40. The minimum absolute atomic E-state index is 0.409. The van der Waals surface area contributed by atoms with Gasteiger partial charge in [0.15, 0.2) is 0 Å². The summed E-state index contributed by atoms with van der Waals surface area (Å²) in [6.45, 7) is 8.91. The molecule has 1 N–H and O–H groups in total. The second-order valence-corrected chi connectivity index (χ2v) is 5.31. The molecule has 2 rings (SSSR count). The van der Waals surface area contributed by atoms with Crippen molar-refractivity contribution in [2.45, 2.75) is 57.7 Å². The van der Waals surface area contributed by atoms with Crippen molar-refractivity contribution in [2.24, 2.45) is 0 Å². The Balaban J connectivity index is 1.84. The number of ether oxygens (including phenoxy) is 1. The lowest BCUT2D eigenvalue weighted by atomic mass is 10.0. The van der Waals surface area contributed by atoms with Crippen molar-refractivity contribution in [3.8, 4) is 0 Å². The van der Waals surface area contributed by atoms with Crippen molar-refractivity contribution in [3.63, 3.8) is 0 Å². The fourth-order valence-electron chi connectivity index (χ4n) is 2.88. The highest BCUT2D eigenvalue weighted by Gasteiger charge is 2.27. The molecule has 3 heteroatoms. The van der Waals surface area contributed by atoms with Crippen LogP contribution in [0, 0.1) is 0 Å². The maximum atomic E-state index is 5.74. The molecule has 0 spiro atoms. The fraction of sp³-hybridized carbons (Fsp3) is 1.00. The standard InChI is InChI=1S/C13H26N2O/c1-3-13-10-16-11(2)8-15(13)9-12-6-4-5-7-14-12/h11-14H,3-10H2,1-2H3. The average molecular weight is 226 g/mol. The Kier molecular flexibility index (Phi) is 4.62. The molecule has 3 nitrogen and oxygen atoms in total. The van der Waals surface area contributed by atoms with Crippen LogP contribution in [-0.2, 0) is 4.74 Å². The van der Waals surface area contributed by atoms with Crippen molar-refractivity contribution < 1.29 is 4.74 Å². The highest BCUT2D eigenvalue weighted by atomic mass is 16.5. The van der Waals surface area contributed by atoms with Crippen molar-refractivity contribution in [1.82, 2.24) is 10.2 Å². The summed E-state index contributed by atoms with van der Waals surface area (Å²) in [6, 6.07) is 1.35. The lowest BCUT2D eigenvalue weighted by molar-refractivity contribution is -0.0591. The molecule has 0 amide bonds. The van der Waals surface area contributed by atoms with Crippen molar-refractivity contribution in [3.05, 3.63) is 0 Å². The van der Waals surface area contributed by atoms with Gasteiger partial charge in [0.05, 0.1) is 12.7 Å². The van der Waals surface area contributed by atoms with Gasteiger partial charge in [-0.1, -0.05) is 13.3 Å². The molecule has 0 saturated carbocycles. The van der Waals surface area contributed by atoms with Gasteiger partial charge in [-0.25, -0.2) is 0 Å². The first kappa shape index (κ1) is 12.3. The Morgan fingerprint density at radius 2 is 2.25 bits per heavy atom. The van der Waals surface area contributed by atoms with Crippen LogP contribution in [-0.4, -0.2) is 49.3 Å². The van der Waals surface area contributed by atoms with Crippen molar-refractivity contribution >= 4 is 0 Å². The SMILES string of the molecule is CCC1COC(C)CN1CC1CCCCN1. The predicted molar refractivity (Wildman–Crippen MR) is 66.7 cm³/mol. The van der Waals surface area contributed by atoms with Gasteiger partial charge in [0.2, 0.25) is 0 Å². The topological polar surface area (TPSA) is 24.5 Å². The number of nitrogens with one attached hydrogen (secondary N) is 1. The Hall–Kier alpha value is -0.120. The van der Waals surface area contributed by atoms with Crippen LogP contribution in [0.25, 0.3) is 0 Å². The van der Waals surface area contributed by atoms with Gasteiger partial charge in [0, 0.05) is 25.2 Å². The van der Waals surface area contributed by atoms with E-state index in [9.17, 15) is 0 Å². The third-order valence-corrected chi connectivity index (χ3v) is 3.92. The zero-order chi connectivity index (χ0) is 11.4. The minimum Gasteiger partial charge on any atom is -0.376 e. The molecule has 2 aliphatic rings. The van der Waals surface area contributed by atoms with Gasteiger partial charge < -0.3 is 10.1 Å². The summed E-state index contributed by atoms with van der Waals surface area (Å²) in [6.07, 6.45) is 5.72. The molecule has 0 radical (unpaired) electrons. The van der Waals surface area contributed by atoms with Crippen LogP contribution in [0.3, 0.4) is 0 Å². The molecule has 16 heavy (non-hydrogen) atoms. The molecule has 0 aliphatic carbocycles. The summed E-state index contributed by atoms with van der Waals surface area (Å²) in [5, 5.41) is 3.64. The van der Waals surface area contributed by atoms with E-state index in [1.807, 2.05) is 0 Å². The summed E-state index contributed by atoms with van der Waals surface area (Å²) >= 11 is 0. The molecule has 2 aliphatic heterocycles. The van der Waals surface area contributed by atoms with E-state index in [0.717, 1.165) is 13.2 Å². The van der Waals surface area contributed by atoms with E-state index in [0.29, 0.717) is 18.2 Å². The quantitative estimate of drug-likeness (QED) is 0.791. The first-order chi connectivity index (χ1) is 7.79. The van der Waals surface area contributed by atoms with E-state index in [-0.39, 0.29) is 0 Å². The van der Waals surface area contributed by atoms with Crippen molar-refractivity contribution in [2.75, 3.05) is 26.2 Å². The number of hydrogen-bond acceptors (Lipinski definition) is 3. The highest BCUT2D eigenvalue weighted by molar-refractivity contribution is 4.83. The molecule has 2 saturated heterocycles.